The number of carbonyl (C=O) groups is 2. The zero-order chi connectivity index (χ0) is 19.0. The van der Waals surface area contributed by atoms with Crippen molar-refractivity contribution in [3.8, 4) is 11.5 Å². The highest BCUT2D eigenvalue weighted by atomic mass is 35.5. The minimum absolute atomic E-state index is 0.0372. The summed E-state index contributed by atoms with van der Waals surface area (Å²) in [5.74, 6) is 1.30. The van der Waals surface area contributed by atoms with Gasteiger partial charge < -0.3 is 19.3 Å². The molecular weight excluding hydrogens is 368 g/mol. The molecule has 6 nitrogen and oxygen atoms in total. The van der Waals surface area contributed by atoms with Crippen LogP contribution in [0.15, 0.2) is 36.4 Å². The Morgan fingerprint density at radius 1 is 1.19 bits per heavy atom. The fourth-order valence-corrected chi connectivity index (χ4v) is 3.58. The zero-order valence-corrected chi connectivity index (χ0v) is 15.7. The number of carbonyl (C=O) groups excluding carboxylic acids is 2. The first-order chi connectivity index (χ1) is 13.0. The van der Waals surface area contributed by atoms with E-state index >= 15 is 0 Å². The molecule has 0 bridgehead atoms. The van der Waals surface area contributed by atoms with E-state index in [0.29, 0.717) is 47.3 Å². The molecule has 2 aliphatic heterocycles. The summed E-state index contributed by atoms with van der Waals surface area (Å²) in [6, 6.07) is 10.7. The van der Waals surface area contributed by atoms with Gasteiger partial charge in [-0.1, -0.05) is 17.7 Å². The summed E-state index contributed by atoms with van der Waals surface area (Å²) < 4.78 is 10.7. The van der Waals surface area contributed by atoms with Crippen LogP contribution in [-0.2, 0) is 11.3 Å². The molecule has 2 heterocycles. The Balaban J connectivity index is 1.52. The molecule has 1 saturated heterocycles. The highest BCUT2D eigenvalue weighted by Gasteiger charge is 2.25. The smallest absolute Gasteiger partial charge is 0.253 e. The van der Waals surface area contributed by atoms with Crippen molar-refractivity contribution in [2.75, 3.05) is 25.3 Å². The van der Waals surface area contributed by atoms with Crippen LogP contribution >= 0.6 is 11.6 Å². The van der Waals surface area contributed by atoms with E-state index in [1.54, 1.807) is 35.0 Å². The van der Waals surface area contributed by atoms with Crippen molar-refractivity contribution in [3.63, 3.8) is 0 Å². The molecule has 1 fully saturated rings. The third kappa shape index (κ3) is 3.45. The number of benzene rings is 2. The fourth-order valence-electron chi connectivity index (χ4n) is 3.36. The standard InChI is InChI=1S/C20H19ClN2O4/c1-22(11-13-4-7-17-18(9-13)27-12-26-17)20(25)14-5-6-15(21)16(10-14)23-8-2-3-19(23)24/h4-7,9-10H,2-3,8,11-12H2,1H3. The molecule has 140 valence electrons. The van der Waals surface area contributed by atoms with Crippen LogP contribution in [-0.4, -0.2) is 37.1 Å². The summed E-state index contributed by atoms with van der Waals surface area (Å²) in [5, 5.41) is 0.472. The number of ether oxygens (including phenoxy) is 2. The molecule has 2 aromatic carbocycles. The van der Waals surface area contributed by atoms with Gasteiger partial charge in [0.15, 0.2) is 11.5 Å². The Labute approximate surface area is 162 Å². The van der Waals surface area contributed by atoms with Crippen LogP contribution in [0.1, 0.15) is 28.8 Å². The predicted octanol–water partition coefficient (Wildman–Crippen LogP) is 3.47. The zero-order valence-electron chi connectivity index (χ0n) is 14.9. The fraction of sp³-hybridized carbons (Fsp3) is 0.300. The number of amides is 2. The summed E-state index contributed by atoms with van der Waals surface area (Å²) >= 11 is 6.27. The number of nitrogens with zero attached hydrogens (tertiary/aromatic N) is 2. The first-order valence-electron chi connectivity index (χ1n) is 8.77. The number of hydrogen-bond acceptors (Lipinski definition) is 4. The van der Waals surface area contributed by atoms with E-state index in [-0.39, 0.29) is 18.6 Å². The highest BCUT2D eigenvalue weighted by molar-refractivity contribution is 6.34. The number of halogens is 1. The van der Waals surface area contributed by atoms with Gasteiger partial charge in [0.05, 0.1) is 10.7 Å². The van der Waals surface area contributed by atoms with Gasteiger partial charge in [-0.15, -0.1) is 0 Å². The lowest BCUT2D eigenvalue weighted by Gasteiger charge is -2.21. The number of anilines is 1. The molecule has 0 aliphatic carbocycles. The Morgan fingerprint density at radius 3 is 2.78 bits per heavy atom. The summed E-state index contributed by atoms with van der Waals surface area (Å²) in [5.41, 5.74) is 2.04. The van der Waals surface area contributed by atoms with E-state index in [1.807, 2.05) is 18.2 Å². The first kappa shape index (κ1) is 17.7. The molecule has 27 heavy (non-hydrogen) atoms. The number of hydrogen-bond donors (Lipinski definition) is 0. The van der Waals surface area contributed by atoms with Crippen molar-refractivity contribution in [1.29, 1.82) is 0 Å². The molecule has 2 aliphatic rings. The Kier molecular flexibility index (Phi) is 4.66. The molecule has 0 spiro atoms. The van der Waals surface area contributed by atoms with Crippen LogP contribution in [0.5, 0.6) is 11.5 Å². The van der Waals surface area contributed by atoms with Gasteiger partial charge in [0, 0.05) is 32.1 Å². The van der Waals surface area contributed by atoms with Gasteiger partial charge in [0.1, 0.15) is 0 Å². The Morgan fingerprint density at radius 2 is 2.00 bits per heavy atom. The SMILES string of the molecule is CN(Cc1ccc2c(c1)OCO2)C(=O)c1ccc(Cl)c(N2CCCC2=O)c1. The first-order valence-corrected chi connectivity index (χ1v) is 9.14. The van der Waals surface area contributed by atoms with Gasteiger partial charge in [-0.3, -0.25) is 9.59 Å². The Bertz CT molecular complexity index is 915. The van der Waals surface area contributed by atoms with Crippen molar-refractivity contribution in [2.24, 2.45) is 0 Å². The molecule has 0 N–H and O–H groups in total. The largest absolute Gasteiger partial charge is 0.454 e. The third-order valence-electron chi connectivity index (χ3n) is 4.76. The minimum Gasteiger partial charge on any atom is -0.454 e. The van der Waals surface area contributed by atoms with Crippen LogP contribution in [0.25, 0.3) is 0 Å². The lowest BCUT2D eigenvalue weighted by Crippen LogP contribution is -2.27. The molecule has 0 radical (unpaired) electrons. The van der Waals surface area contributed by atoms with E-state index in [2.05, 4.69) is 0 Å². The lowest BCUT2D eigenvalue weighted by atomic mass is 10.1. The van der Waals surface area contributed by atoms with Crippen molar-refractivity contribution in [3.05, 3.63) is 52.5 Å². The van der Waals surface area contributed by atoms with Crippen LogP contribution in [0.2, 0.25) is 5.02 Å². The average molecular weight is 387 g/mol. The van der Waals surface area contributed by atoms with Gasteiger partial charge in [0.2, 0.25) is 12.7 Å². The number of fused-ring (bicyclic) bond motifs is 1. The minimum atomic E-state index is -0.141. The van der Waals surface area contributed by atoms with Gasteiger partial charge in [-0.25, -0.2) is 0 Å². The van der Waals surface area contributed by atoms with Crippen molar-refractivity contribution in [2.45, 2.75) is 19.4 Å². The van der Waals surface area contributed by atoms with Crippen molar-refractivity contribution < 1.29 is 19.1 Å². The van der Waals surface area contributed by atoms with Crippen molar-refractivity contribution in [1.82, 2.24) is 4.90 Å². The van der Waals surface area contributed by atoms with Crippen LogP contribution in [0.4, 0.5) is 5.69 Å². The second-order valence-electron chi connectivity index (χ2n) is 6.66. The molecular formula is C20H19ClN2O4. The topological polar surface area (TPSA) is 59.1 Å². The highest BCUT2D eigenvalue weighted by Crippen LogP contribution is 2.33. The third-order valence-corrected chi connectivity index (χ3v) is 5.08. The van der Waals surface area contributed by atoms with Gasteiger partial charge in [0.25, 0.3) is 5.91 Å². The van der Waals surface area contributed by atoms with Crippen molar-refractivity contribution >= 4 is 29.1 Å². The average Bonchev–Trinajstić information content (AvgIpc) is 3.30. The van der Waals surface area contributed by atoms with E-state index in [4.69, 9.17) is 21.1 Å². The molecule has 4 rings (SSSR count). The van der Waals surface area contributed by atoms with Gasteiger partial charge in [-0.05, 0) is 42.3 Å². The second kappa shape index (κ2) is 7.12. The molecule has 7 heteroatoms. The van der Waals surface area contributed by atoms with E-state index < -0.39 is 0 Å². The lowest BCUT2D eigenvalue weighted by molar-refractivity contribution is -0.117. The monoisotopic (exact) mass is 386 g/mol. The van der Waals surface area contributed by atoms with Gasteiger partial charge >= 0.3 is 0 Å². The quantitative estimate of drug-likeness (QED) is 0.807. The molecule has 0 aromatic heterocycles. The van der Waals surface area contributed by atoms with E-state index in [1.165, 1.54) is 0 Å². The normalized spacial score (nSPS) is 15.3. The summed E-state index contributed by atoms with van der Waals surface area (Å²) in [6.07, 6.45) is 1.32. The van der Waals surface area contributed by atoms with Crippen LogP contribution < -0.4 is 14.4 Å². The predicted molar refractivity (Wildman–Crippen MR) is 101 cm³/mol. The number of rotatable bonds is 4. The molecule has 0 unspecified atom stereocenters. The molecule has 0 atom stereocenters. The van der Waals surface area contributed by atoms with E-state index in [9.17, 15) is 9.59 Å². The second-order valence-corrected chi connectivity index (χ2v) is 7.07. The maximum atomic E-state index is 12.9. The van der Waals surface area contributed by atoms with Crippen LogP contribution in [0.3, 0.4) is 0 Å². The summed E-state index contributed by atoms with van der Waals surface area (Å²) in [4.78, 5) is 28.2. The van der Waals surface area contributed by atoms with Gasteiger partial charge in [-0.2, -0.15) is 0 Å². The summed E-state index contributed by atoms with van der Waals surface area (Å²) in [7, 11) is 1.74. The maximum absolute atomic E-state index is 12.9. The van der Waals surface area contributed by atoms with E-state index in [0.717, 1.165) is 12.0 Å². The molecule has 2 aromatic rings. The Hall–Kier alpha value is -2.73. The van der Waals surface area contributed by atoms with Crippen LogP contribution in [0, 0.1) is 0 Å². The molecule has 2 amide bonds. The molecule has 0 saturated carbocycles. The maximum Gasteiger partial charge on any atom is 0.253 e. The summed E-state index contributed by atoms with van der Waals surface area (Å²) in [6.45, 7) is 1.27.